The van der Waals surface area contributed by atoms with Gasteiger partial charge in [0.1, 0.15) is 0 Å². The monoisotopic (exact) mass is 295 g/mol. The van der Waals surface area contributed by atoms with Crippen LogP contribution in [0.4, 0.5) is 0 Å². The van der Waals surface area contributed by atoms with Crippen molar-refractivity contribution < 1.29 is 4.79 Å². The van der Waals surface area contributed by atoms with Crippen molar-refractivity contribution in [3.63, 3.8) is 0 Å². The van der Waals surface area contributed by atoms with Crippen LogP contribution >= 0.6 is 0 Å². The van der Waals surface area contributed by atoms with Gasteiger partial charge in [-0.1, -0.05) is 51.3 Å². The van der Waals surface area contributed by atoms with Crippen LogP contribution in [0.5, 0.6) is 0 Å². The van der Waals surface area contributed by atoms with Crippen molar-refractivity contribution >= 4 is 5.91 Å². The molecule has 0 bridgehead atoms. The molecular formula is C20H25NO. The van der Waals surface area contributed by atoms with E-state index in [1.54, 1.807) is 6.07 Å². The van der Waals surface area contributed by atoms with E-state index in [2.05, 4.69) is 32.0 Å². The number of allylic oxidation sites excluding steroid dienone is 4. The first-order valence-electron chi connectivity index (χ1n) is 7.48. The second-order valence-electron chi connectivity index (χ2n) is 5.45. The highest BCUT2D eigenvalue weighted by Crippen LogP contribution is 2.20. The van der Waals surface area contributed by atoms with Crippen molar-refractivity contribution in [1.82, 2.24) is 5.32 Å². The molecule has 1 aromatic rings. The number of hydrogen-bond acceptors (Lipinski definition) is 1. The largest absolute Gasteiger partial charge is 0.323 e. The minimum Gasteiger partial charge on any atom is -0.323 e. The van der Waals surface area contributed by atoms with Gasteiger partial charge in [-0.2, -0.15) is 0 Å². The summed E-state index contributed by atoms with van der Waals surface area (Å²) in [5.41, 5.74) is 5.05. The maximum atomic E-state index is 12.2. The van der Waals surface area contributed by atoms with Gasteiger partial charge in [0.2, 0.25) is 0 Å². The van der Waals surface area contributed by atoms with E-state index in [1.807, 2.05) is 38.1 Å². The molecule has 0 unspecified atom stereocenters. The lowest BCUT2D eigenvalue weighted by Crippen LogP contribution is -2.22. The molecule has 0 saturated heterocycles. The summed E-state index contributed by atoms with van der Waals surface area (Å²) in [5, 5.41) is 2.81. The van der Waals surface area contributed by atoms with E-state index in [9.17, 15) is 4.79 Å². The van der Waals surface area contributed by atoms with Crippen LogP contribution in [0.2, 0.25) is 0 Å². The fourth-order valence-electron chi connectivity index (χ4n) is 2.16. The van der Waals surface area contributed by atoms with Crippen LogP contribution in [0.3, 0.4) is 0 Å². The third kappa shape index (κ3) is 4.88. The van der Waals surface area contributed by atoms with Gasteiger partial charge in [0.05, 0.1) is 0 Å². The van der Waals surface area contributed by atoms with E-state index < -0.39 is 0 Å². The van der Waals surface area contributed by atoms with E-state index in [4.69, 9.17) is 0 Å². The van der Waals surface area contributed by atoms with E-state index in [0.29, 0.717) is 11.3 Å². The summed E-state index contributed by atoms with van der Waals surface area (Å²) in [6.45, 7) is 18.0. The molecule has 0 heterocycles. The summed E-state index contributed by atoms with van der Waals surface area (Å²) in [7, 11) is 0. The normalized spacial score (nSPS) is 11.0. The summed E-state index contributed by atoms with van der Waals surface area (Å²) < 4.78 is 0. The Balaban J connectivity index is 2.75. The molecule has 0 aliphatic rings. The van der Waals surface area contributed by atoms with Crippen molar-refractivity contribution in [3.05, 3.63) is 83.6 Å². The first-order chi connectivity index (χ1) is 10.4. The van der Waals surface area contributed by atoms with Gasteiger partial charge in [-0.25, -0.2) is 0 Å². The number of nitrogens with one attached hydrogen (secondary N) is 1. The minimum atomic E-state index is -0.148. The van der Waals surface area contributed by atoms with Crippen LogP contribution in [-0.2, 0) is 0 Å². The second kappa shape index (κ2) is 8.18. The molecule has 0 aliphatic heterocycles. The number of amides is 1. The number of rotatable bonds is 7. The van der Waals surface area contributed by atoms with Gasteiger partial charge < -0.3 is 5.32 Å². The molecule has 0 saturated carbocycles. The highest BCUT2D eigenvalue weighted by atomic mass is 16.1. The second-order valence-corrected chi connectivity index (χ2v) is 5.45. The fourth-order valence-corrected chi connectivity index (χ4v) is 2.16. The van der Waals surface area contributed by atoms with Gasteiger partial charge in [-0.15, -0.1) is 0 Å². The van der Waals surface area contributed by atoms with Crippen molar-refractivity contribution in [3.8, 4) is 0 Å². The van der Waals surface area contributed by atoms with Crippen LogP contribution in [0.1, 0.15) is 42.6 Å². The average Bonchev–Trinajstić information content (AvgIpc) is 2.46. The predicted octanol–water partition coefficient (Wildman–Crippen LogP) is 5.10. The maximum absolute atomic E-state index is 12.2. The molecule has 0 aromatic heterocycles. The molecule has 1 aromatic carbocycles. The predicted molar refractivity (Wildman–Crippen MR) is 94.7 cm³/mol. The molecule has 2 heteroatoms. The number of benzene rings is 1. The van der Waals surface area contributed by atoms with E-state index >= 15 is 0 Å². The van der Waals surface area contributed by atoms with Crippen molar-refractivity contribution in [1.29, 1.82) is 0 Å². The zero-order valence-electron chi connectivity index (χ0n) is 13.8. The molecule has 1 amide bonds. The molecule has 22 heavy (non-hydrogen) atoms. The number of hydrogen-bond donors (Lipinski definition) is 1. The molecule has 1 N–H and O–H groups in total. The molecular weight excluding hydrogens is 270 g/mol. The minimum absolute atomic E-state index is 0.148. The van der Waals surface area contributed by atoms with Crippen molar-refractivity contribution in [2.45, 2.75) is 33.6 Å². The number of carbonyl (C=O) groups is 1. The molecule has 0 spiro atoms. The van der Waals surface area contributed by atoms with Gasteiger partial charge in [0, 0.05) is 11.3 Å². The zero-order valence-corrected chi connectivity index (χ0v) is 13.8. The van der Waals surface area contributed by atoms with E-state index in [-0.39, 0.29) is 5.91 Å². The van der Waals surface area contributed by atoms with Crippen LogP contribution in [0, 0.1) is 6.92 Å². The molecule has 0 aliphatic carbocycles. The van der Waals surface area contributed by atoms with E-state index in [0.717, 1.165) is 35.1 Å². The van der Waals surface area contributed by atoms with Gasteiger partial charge >= 0.3 is 0 Å². The Bertz CT molecular complexity index is 635. The maximum Gasteiger partial charge on any atom is 0.255 e. The molecule has 0 fully saturated rings. The topological polar surface area (TPSA) is 29.1 Å². The first-order valence-corrected chi connectivity index (χ1v) is 7.48. The fraction of sp³-hybridized carbons (Fsp3) is 0.250. The smallest absolute Gasteiger partial charge is 0.255 e. The van der Waals surface area contributed by atoms with Gasteiger partial charge in [0.15, 0.2) is 0 Å². The van der Waals surface area contributed by atoms with Gasteiger partial charge in [-0.3, -0.25) is 4.79 Å². The molecule has 116 valence electrons. The van der Waals surface area contributed by atoms with Crippen LogP contribution in [0.25, 0.3) is 0 Å². The Morgan fingerprint density at radius 3 is 2.45 bits per heavy atom. The van der Waals surface area contributed by atoms with Crippen LogP contribution in [0.15, 0.2) is 72.5 Å². The highest BCUT2D eigenvalue weighted by molar-refractivity contribution is 5.96. The van der Waals surface area contributed by atoms with Crippen LogP contribution in [-0.4, -0.2) is 5.91 Å². The van der Waals surface area contributed by atoms with Gasteiger partial charge in [-0.05, 0) is 54.7 Å². The SMILES string of the molecule is C=C(/C=C(/C)C(=C)C(=C)CCC)NC(=O)c1ccccc1C. The van der Waals surface area contributed by atoms with Gasteiger partial charge in [0.25, 0.3) is 5.91 Å². The number of aryl methyl sites for hydroxylation is 1. The lowest BCUT2D eigenvalue weighted by atomic mass is 9.98. The van der Waals surface area contributed by atoms with Crippen LogP contribution < -0.4 is 5.32 Å². The quantitative estimate of drug-likeness (QED) is 0.697. The summed E-state index contributed by atoms with van der Waals surface area (Å²) >= 11 is 0. The molecule has 1 rings (SSSR count). The molecule has 2 nitrogen and oxygen atoms in total. The third-order valence-corrected chi connectivity index (χ3v) is 3.51. The molecule has 0 atom stereocenters. The summed E-state index contributed by atoms with van der Waals surface area (Å²) in [6.07, 6.45) is 3.79. The Morgan fingerprint density at radius 1 is 1.23 bits per heavy atom. The Labute approximate surface area is 133 Å². The zero-order chi connectivity index (χ0) is 16.7. The first kappa shape index (κ1) is 17.7. The summed E-state index contributed by atoms with van der Waals surface area (Å²) in [6, 6.07) is 7.47. The summed E-state index contributed by atoms with van der Waals surface area (Å²) in [5.74, 6) is -0.148. The highest BCUT2D eigenvalue weighted by Gasteiger charge is 2.09. The average molecular weight is 295 g/mol. The third-order valence-electron chi connectivity index (χ3n) is 3.51. The van der Waals surface area contributed by atoms with Crippen molar-refractivity contribution in [2.75, 3.05) is 0 Å². The standard InChI is InChI=1S/C20H25NO/c1-7-10-14(2)18(6)16(4)13-17(5)21-20(22)19-12-9-8-11-15(19)3/h8-9,11-13H,2,5-7,10H2,1,3-4H3,(H,21,22)/b16-13-. The lowest BCUT2D eigenvalue weighted by Gasteiger charge is -2.11. The Kier molecular flexibility index (Phi) is 6.58. The van der Waals surface area contributed by atoms with Crippen molar-refractivity contribution in [2.24, 2.45) is 0 Å². The molecule has 0 radical (unpaired) electrons. The summed E-state index contributed by atoms with van der Waals surface area (Å²) in [4.78, 5) is 12.2. The lowest BCUT2D eigenvalue weighted by molar-refractivity contribution is 0.0966. The Hall–Kier alpha value is -2.35. The Morgan fingerprint density at radius 2 is 1.86 bits per heavy atom. The number of carbonyl (C=O) groups excluding carboxylic acids is 1. The van der Waals surface area contributed by atoms with E-state index in [1.165, 1.54) is 0 Å².